The average Bonchev–Trinajstić information content (AvgIpc) is 2.38. The molecule has 0 radical (unpaired) electrons. The first-order chi connectivity index (χ1) is 6.40. The minimum Gasteiger partial charge on any atom is -0.472 e. The van der Waals surface area contributed by atoms with E-state index in [0.717, 1.165) is 23.7 Å². The van der Waals surface area contributed by atoms with Crippen LogP contribution >= 0.6 is 11.9 Å². The Hall–Kier alpha value is -0.740. The van der Waals surface area contributed by atoms with Crippen LogP contribution in [0, 0.1) is 0 Å². The Morgan fingerprint density at radius 1 is 1.77 bits per heavy atom. The maximum Gasteiger partial charge on any atom is 0.228 e. The van der Waals surface area contributed by atoms with Gasteiger partial charge in [-0.3, -0.25) is 4.72 Å². The van der Waals surface area contributed by atoms with Gasteiger partial charge >= 0.3 is 0 Å². The summed E-state index contributed by atoms with van der Waals surface area (Å²) in [5.74, 6) is 0.754. The van der Waals surface area contributed by atoms with Gasteiger partial charge in [0.25, 0.3) is 0 Å². The Morgan fingerprint density at radius 3 is 3.54 bits per heavy atom. The molecule has 0 amide bonds. The normalized spacial score (nSPS) is 21.5. The quantitative estimate of drug-likeness (QED) is 0.695. The number of rotatable bonds is 1. The molecule has 1 N–H and O–H groups in total. The molecule has 0 aromatic carbocycles. The third-order valence-corrected chi connectivity index (χ3v) is 2.80. The molecule has 3 nitrogen and oxygen atoms in total. The van der Waals surface area contributed by atoms with Crippen molar-refractivity contribution in [2.75, 3.05) is 6.54 Å². The fraction of sp³-hybridized carbons (Fsp3) is 0.444. The van der Waals surface area contributed by atoms with Crippen LogP contribution in [0.15, 0.2) is 23.2 Å². The van der Waals surface area contributed by atoms with Crippen molar-refractivity contribution in [3.63, 3.8) is 0 Å². The first-order valence-corrected chi connectivity index (χ1v) is 5.23. The largest absolute Gasteiger partial charge is 0.472 e. The zero-order chi connectivity index (χ0) is 9.10. The zero-order valence-electron chi connectivity index (χ0n) is 7.49. The summed E-state index contributed by atoms with van der Waals surface area (Å²) in [6.45, 7) is 2.99. The van der Waals surface area contributed by atoms with Gasteiger partial charge < -0.3 is 4.74 Å². The van der Waals surface area contributed by atoms with Gasteiger partial charge in [0.1, 0.15) is 6.10 Å². The van der Waals surface area contributed by atoms with Crippen LogP contribution in [-0.4, -0.2) is 17.6 Å². The van der Waals surface area contributed by atoms with E-state index in [1.165, 1.54) is 0 Å². The summed E-state index contributed by atoms with van der Waals surface area (Å²) in [4.78, 5) is 5.26. The van der Waals surface area contributed by atoms with Gasteiger partial charge in [-0.25, -0.2) is 4.98 Å². The Kier molecular flexibility index (Phi) is 2.71. The molecule has 70 valence electrons. The molecule has 1 aliphatic heterocycles. The predicted octanol–water partition coefficient (Wildman–Crippen LogP) is 1.85. The number of ether oxygens (including phenoxy) is 1. The highest BCUT2D eigenvalue weighted by Crippen LogP contribution is 2.28. The molecule has 0 aliphatic carbocycles. The van der Waals surface area contributed by atoms with Crippen LogP contribution < -0.4 is 9.46 Å². The standard InChI is InChI=1S/C9H12N2OS/c1-2-7-6-11-13-8-4-3-5-10-9(8)12-7/h3-5,7,11H,2,6H2,1H3. The summed E-state index contributed by atoms with van der Waals surface area (Å²) in [5, 5.41) is 0. The molecule has 0 bridgehead atoms. The monoisotopic (exact) mass is 196 g/mol. The van der Waals surface area contributed by atoms with Gasteiger partial charge in [0.2, 0.25) is 5.88 Å². The van der Waals surface area contributed by atoms with Crippen LogP contribution in [0.2, 0.25) is 0 Å². The lowest BCUT2D eigenvalue weighted by Gasteiger charge is -2.12. The van der Waals surface area contributed by atoms with Crippen molar-refractivity contribution < 1.29 is 4.74 Å². The van der Waals surface area contributed by atoms with E-state index in [9.17, 15) is 0 Å². The maximum absolute atomic E-state index is 5.71. The molecule has 0 spiro atoms. The molecule has 1 aliphatic rings. The Bertz CT molecular complexity index is 293. The second-order valence-electron chi connectivity index (χ2n) is 2.91. The second-order valence-corrected chi connectivity index (χ2v) is 3.84. The van der Waals surface area contributed by atoms with Crippen molar-refractivity contribution in [2.24, 2.45) is 0 Å². The fourth-order valence-corrected chi connectivity index (χ4v) is 1.94. The van der Waals surface area contributed by atoms with E-state index in [0.29, 0.717) is 0 Å². The SMILES string of the molecule is CCC1CNSc2cccnc2O1. The number of hydrogen-bond donors (Lipinski definition) is 1. The number of hydrogen-bond acceptors (Lipinski definition) is 4. The van der Waals surface area contributed by atoms with Crippen molar-refractivity contribution in [1.29, 1.82) is 0 Å². The van der Waals surface area contributed by atoms with Crippen molar-refractivity contribution in [3.05, 3.63) is 18.3 Å². The number of pyridine rings is 1. The molecule has 13 heavy (non-hydrogen) atoms. The van der Waals surface area contributed by atoms with Crippen molar-refractivity contribution in [1.82, 2.24) is 9.71 Å². The van der Waals surface area contributed by atoms with Gasteiger partial charge in [0, 0.05) is 12.7 Å². The van der Waals surface area contributed by atoms with Crippen molar-refractivity contribution >= 4 is 11.9 Å². The third kappa shape index (κ3) is 1.95. The minimum absolute atomic E-state index is 0.239. The van der Waals surface area contributed by atoms with Crippen LogP contribution in [0.25, 0.3) is 0 Å². The summed E-state index contributed by atoms with van der Waals surface area (Å²) in [6, 6.07) is 3.93. The van der Waals surface area contributed by atoms with E-state index in [1.54, 1.807) is 18.1 Å². The fourth-order valence-electron chi connectivity index (χ4n) is 1.18. The molecular weight excluding hydrogens is 184 g/mol. The summed E-state index contributed by atoms with van der Waals surface area (Å²) in [6.07, 6.45) is 3.00. The van der Waals surface area contributed by atoms with E-state index >= 15 is 0 Å². The molecule has 1 unspecified atom stereocenters. The average molecular weight is 196 g/mol. The van der Waals surface area contributed by atoms with Gasteiger partial charge in [-0.15, -0.1) is 0 Å². The van der Waals surface area contributed by atoms with Crippen molar-refractivity contribution in [2.45, 2.75) is 24.3 Å². The first kappa shape index (κ1) is 8.84. The lowest BCUT2D eigenvalue weighted by atomic mass is 10.3. The molecule has 0 saturated carbocycles. The number of fused-ring (bicyclic) bond motifs is 1. The molecule has 2 heterocycles. The minimum atomic E-state index is 0.239. The van der Waals surface area contributed by atoms with Gasteiger partial charge in [-0.1, -0.05) is 6.92 Å². The highest BCUT2D eigenvalue weighted by Gasteiger charge is 2.16. The smallest absolute Gasteiger partial charge is 0.228 e. The Morgan fingerprint density at radius 2 is 2.69 bits per heavy atom. The van der Waals surface area contributed by atoms with Crippen molar-refractivity contribution in [3.8, 4) is 5.88 Å². The Labute approximate surface area is 82.0 Å². The molecular formula is C9H12N2OS. The topological polar surface area (TPSA) is 34.2 Å². The van der Waals surface area contributed by atoms with Crippen LogP contribution in [0.4, 0.5) is 0 Å². The molecule has 0 saturated heterocycles. The summed E-state index contributed by atoms with van der Waals surface area (Å²) < 4.78 is 8.97. The van der Waals surface area contributed by atoms with Gasteiger partial charge in [-0.05, 0) is 30.5 Å². The second kappa shape index (κ2) is 3.98. The molecule has 4 heteroatoms. The predicted molar refractivity (Wildman–Crippen MR) is 52.8 cm³/mol. The van der Waals surface area contributed by atoms with E-state index < -0.39 is 0 Å². The van der Waals surface area contributed by atoms with Crippen LogP contribution in [-0.2, 0) is 0 Å². The number of aromatic nitrogens is 1. The lowest BCUT2D eigenvalue weighted by molar-refractivity contribution is 0.191. The van der Waals surface area contributed by atoms with E-state index in [-0.39, 0.29) is 6.10 Å². The third-order valence-electron chi connectivity index (χ3n) is 1.96. The van der Waals surface area contributed by atoms with Crippen LogP contribution in [0.5, 0.6) is 5.88 Å². The maximum atomic E-state index is 5.71. The summed E-state index contributed by atoms with van der Waals surface area (Å²) >= 11 is 1.59. The van der Waals surface area contributed by atoms with Gasteiger partial charge in [0.15, 0.2) is 0 Å². The molecule has 0 fully saturated rings. The Balaban J connectivity index is 2.23. The van der Waals surface area contributed by atoms with Gasteiger partial charge in [0.05, 0.1) is 4.90 Å². The molecule has 1 aromatic rings. The highest BCUT2D eigenvalue weighted by molar-refractivity contribution is 7.97. The van der Waals surface area contributed by atoms with E-state index in [1.807, 2.05) is 12.1 Å². The van der Waals surface area contributed by atoms with Crippen LogP contribution in [0.3, 0.4) is 0 Å². The first-order valence-electron chi connectivity index (χ1n) is 4.41. The molecule has 2 rings (SSSR count). The van der Waals surface area contributed by atoms with E-state index in [4.69, 9.17) is 4.74 Å². The summed E-state index contributed by atoms with van der Waals surface area (Å²) in [7, 11) is 0. The van der Waals surface area contributed by atoms with E-state index in [2.05, 4.69) is 16.6 Å². The molecule has 1 atom stereocenters. The molecule has 1 aromatic heterocycles. The lowest BCUT2D eigenvalue weighted by Crippen LogP contribution is -2.25. The summed E-state index contributed by atoms with van der Waals surface area (Å²) in [5.41, 5.74) is 0. The highest BCUT2D eigenvalue weighted by atomic mass is 32.2. The van der Waals surface area contributed by atoms with Crippen LogP contribution in [0.1, 0.15) is 13.3 Å². The number of nitrogens with one attached hydrogen (secondary N) is 1. The zero-order valence-corrected chi connectivity index (χ0v) is 8.30. The van der Waals surface area contributed by atoms with Gasteiger partial charge in [-0.2, -0.15) is 0 Å². The number of nitrogens with zero attached hydrogens (tertiary/aromatic N) is 1.